The number of primary amides is 1. The molecule has 0 saturated carbocycles. The summed E-state index contributed by atoms with van der Waals surface area (Å²) in [5.41, 5.74) is 11.2. The Labute approximate surface area is 148 Å². The molecule has 0 radical (unpaired) electrons. The highest BCUT2D eigenvalue weighted by Crippen LogP contribution is 2.19. The second kappa shape index (κ2) is 8.08. The van der Waals surface area contributed by atoms with Crippen molar-refractivity contribution in [2.24, 2.45) is 11.5 Å². The number of carboxylic acids is 1. The number of carbonyl (C=O) groups is 3. The van der Waals surface area contributed by atoms with E-state index < -0.39 is 29.4 Å². The Kier molecular flexibility index (Phi) is 5.86. The van der Waals surface area contributed by atoms with Gasteiger partial charge in [0, 0.05) is 17.8 Å². The zero-order chi connectivity index (χ0) is 19.3. The lowest BCUT2D eigenvalue weighted by Gasteiger charge is -2.12. The number of aromatic carboxylic acids is 1. The van der Waals surface area contributed by atoms with E-state index >= 15 is 0 Å². The fourth-order valence-corrected chi connectivity index (χ4v) is 2.21. The van der Waals surface area contributed by atoms with Crippen molar-refractivity contribution in [2.75, 3.05) is 5.32 Å². The summed E-state index contributed by atoms with van der Waals surface area (Å²) in [6.07, 6.45) is 0.170. The van der Waals surface area contributed by atoms with Crippen LogP contribution in [-0.4, -0.2) is 33.9 Å². The largest absolute Gasteiger partial charge is 0.477 e. The summed E-state index contributed by atoms with van der Waals surface area (Å²) in [6, 6.07) is 8.37. The van der Waals surface area contributed by atoms with Gasteiger partial charge in [-0.1, -0.05) is 12.1 Å². The van der Waals surface area contributed by atoms with Crippen molar-refractivity contribution in [3.63, 3.8) is 0 Å². The van der Waals surface area contributed by atoms with E-state index in [0.717, 1.165) is 0 Å². The first-order valence-corrected chi connectivity index (χ1v) is 7.69. The molecular formula is C17H18N4O5. The minimum absolute atomic E-state index is 0.0211. The maximum Gasteiger partial charge on any atom is 0.341 e. The molecule has 0 aliphatic heterocycles. The first-order chi connectivity index (χ1) is 12.3. The summed E-state index contributed by atoms with van der Waals surface area (Å²) in [4.78, 5) is 47.7. The minimum atomic E-state index is -1.30. The highest BCUT2D eigenvalue weighted by atomic mass is 16.4. The molecule has 0 unspecified atom stereocenters. The third-order valence-corrected chi connectivity index (χ3v) is 3.64. The molecule has 7 N–H and O–H groups in total. The SMILES string of the molecule is NC(=O)CC[C@H](N)C(=O)Nc1ccc(-c2ccc(C(=O)O)c(=O)[nH]2)cc1. The van der Waals surface area contributed by atoms with E-state index in [-0.39, 0.29) is 18.4 Å². The summed E-state index contributed by atoms with van der Waals surface area (Å²) >= 11 is 0. The van der Waals surface area contributed by atoms with Gasteiger partial charge in [0.05, 0.1) is 6.04 Å². The monoisotopic (exact) mass is 358 g/mol. The van der Waals surface area contributed by atoms with E-state index in [1.54, 1.807) is 24.3 Å². The van der Waals surface area contributed by atoms with Crippen molar-refractivity contribution in [1.82, 2.24) is 4.98 Å². The Hall–Kier alpha value is -3.46. The lowest BCUT2D eigenvalue weighted by Crippen LogP contribution is -2.36. The van der Waals surface area contributed by atoms with Gasteiger partial charge in [-0.3, -0.25) is 14.4 Å². The molecule has 2 aromatic rings. The number of nitrogens with two attached hydrogens (primary N) is 2. The Bertz CT molecular complexity index is 889. The number of anilines is 1. The number of benzene rings is 1. The summed E-state index contributed by atoms with van der Waals surface area (Å²) in [7, 11) is 0. The number of amides is 2. The van der Waals surface area contributed by atoms with Crippen molar-refractivity contribution >= 4 is 23.5 Å². The van der Waals surface area contributed by atoms with Gasteiger partial charge in [-0.05, 0) is 36.2 Å². The predicted molar refractivity (Wildman–Crippen MR) is 94.5 cm³/mol. The Balaban J connectivity index is 2.07. The molecule has 0 saturated heterocycles. The van der Waals surface area contributed by atoms with Crippen LogP contribution in [0.3, 0.4) is 0 Å². The lowest BCUT2D eigenvalue weighted by atomic mass is 10.1. The van der Waals surface area contributed by atoms with Gasteiger partial charge in [0.1, 0.15) is 5.56 Å². The summed E-state index contributed by atoms with van der Waals surface area (Å²) in [6.45, 7) is 0. The minimum Gasteiger partial charge on any atom is -0.477 e. The van der Waals surface area contributed by atoms with Gasteiger partial charge in [-0.15, -0.1) is 0 Å². The molecule has 0 aliphatic rings. The quantitative estimate of drug-likeness (QED) is 0.476. The second-order valence-corrected chi connectivity index (χ2v) is 5.60. The Morgan fingerprint density at radius 3 is 2.31 bits per heavy atom. The van der Waals surface area contributed by atoms with E-state index in [2.05, 4.69) is 10.3 Å². The van der Waals surface area contributed by atoms with Crippen molar-refractivity contribution in [2.45, 2.75) is 18.9 Å². The van der Waals surface area contributed by atoms with E-state index in [4.69, 9.17) is 16.6 Å². The lowest BCUT2D eigenvalue weighted by molar-refractivity contribution is -0.119. The fraction of sp³-hybridized carbons (Fsp3) is 0.176. The van der Waals surface area contributed by atoms with E-state index in [9.17, 15) is 19.2 Å². The molecule has 0 aliphatic carbocycles. The number of hydrogen-bond acceptors (Lipinski definition) is 5. The van der Waals surface area contributed by atoms with Crippen LogP contribution in [0.2, 0.25) is 0 Å². The Morgan fingerprint density at radius 2 is 1.77 bits per heavy atom. The second-order valence-electron chi connectivity index (χ2n) is 5.60. The molecule has 0 bridgehead atoms. The average molecular weight is 358 g/mol. The topological polar surface area (TPSA) is 168 Å². The van der Waals surface area contributed by atoms with Gasteiger partial charge in [-0.25, -0.2) is 4.79 Å². The van der Waals surface area contributed by atoms with Crippen LogP contribution in [0, 0.1) is 0 Å². The van der Waals surface area contributed by atoms with Gasteiger partial charge in [0.15, 0.2) is 0 Å². The maximum atomic E-state index is 11.9. The van der Waals surface area contributed by atoms with Crippen molar-refractivity contribution in [3.05, 3.63) is 52.3 Å². The summed E-state index contributed by atoms with van der Waals surface area (Å²) < 4.78 is 0. The molecule has 1 atom stereocenters. The highest BCUT2D eigenvalue weighted by Gasteiger charge is 2.14. The van der Waals surface area contributed by atoms with Crippen molar-refractivity contribution < 1.29 is 19.5 Å². The molecular weight excluding hydrogens is 340 g/mol. The van der Waals surface area contributed by atoms with Crippen LogP contribution >= 0.6 is 0 Å². The van der Waals surface area contributed by atoms with Crippen LogP contribution in [0.15, 0.2) is 41.2 Å². The standard InChI is InChI=1S/C17H18N4O5/c18-12(6-8-14(19)22)16(24)20-10-3-1-9(2-4-10)13-7-5-11(17(25)26)15(23)21-13/h1-5,7,12H,6,8,18H2,(H2,19,22)(H,20,24)(H,21,23)(H,25,26)/t12-/m0/s1. The smallest absolute Gasteiger partial charge is 0.341 e. The zero-order valence-electron chi connectivity index (χ0n) is 13.7. The highest BCUT2D eigenvalue weighted by molar-refractivity contribution is 5.95. The molecule has 0 spiro atoms. The first-order valence-electron chi connectivity index (χ1n) is 7.69. The molecule has 9 nitrogen and oxygen atoms in total. The average Bonchev–Trinajstić information content (AvgIpc) is 2.59. The van der Waals surface area contributed by atoms with Crippen LogP contribution < -0.4 is 22.3 Å². The van der Waals surface area contributed by atoms with Gasteiger partial charge in [-0.2, -0.15) is 0 Å². The third-order valence-electron chi connectivity index (χ3n) is 3.64. The molecule has 0 fully saturated rings. The maximum absolute atomic E-state index is 11.9. The normalized spacial score (nSPS) is 11.6. The molecule has 2 amide bonds. The number of H-pyrrole nitrogens is 1. The van der Waals surface area contributed by atoms with Crippen LogP contribution in [-0.2, 0) is 9.59 Å². The molecule has 26 heavy (non-hydrogen) atoms. The van der Waals surface area contributed by atoms with Gasteiger partial charge in [0.2, 0.25) is 11.8 Å². The molecule has 1 aromatic heterocycles. The number of pyridine rings is 1. The van der Waals surface area contributed by atoms with Gasteiger partial charge >= 0.3 is 5.97 Å². The number of rotatable bonds is 7. The zero-order valence-corrected chi connectivity index (χ0v) is 13.7. The van der Waals surface area contributed by atoms with Crippen LogP contribution in [0.1, 0.15) is 23.2 Å². The van der Waals surface area contributed by atoms with Crippen molar-refractivity contribution in [3.8, 4) is 11.3 Å². The summed E-state index contributed by atoms with van der Waals surface area (Å²) in [5.74, 6) is -2.28. The van der Waals surface area contributed by atoms with Gasteiger partial charge in [0.25, 0.3) is 5.56 Å². The molecule has 2 rings (SSSR count). The van der Waals surface area contributed by atoms with Crippen molar-refractivity contribution in [1.29, 1.82) is 0 Å². The number of hydrogen-bond donors (Lipinski definition) is 5. The number of carboxylic acid groups (broad SMARTS) is 1. The molecule has 9 heteroatoms. The van der Waals surface area contributed by atoms with Crippen LogP contribution in [0.4, 0.5) is 5.69 Å². The third kappa shape index (κ3) is 4.77. The number of aromatic amines is 1. The van der Waals surface area contributed by atoms with Crippen LogP contribution in [0.5, 0.6) is 0 Å². The molecule has 1 aromatic carbocycles. The van der Waals surface area contributed by atoms with Gasteiger partial charge < -0.3 is 26.9 Å². The fourth-order valence-electron chi connectivity index (χ4n) is 2.21. The number of aromatic nitrogens is 1. The number of carbonyl (C=O) groups excluding carboxylic acids is 2. The Morgan fingerprint density at radius 1 is 1.12 bits per heavy atom. The number of nitrogens with one attached hydrogen (secondary N) is 2. The van der Waals surface area contributed by atoms with E-state index in [0.29, 0.717) is 16.9 Å². The summed E-state index contributed by atoms with van der Waals surface area (Å²) in [5, 5.41) is 11.5. The first kappa shape index (κ1) is 18.9. The van der Waals surface area contributed by atoms with E-state index in [1.807, 2.05) is 0 Å². The predicted octanol–water partition coefficient (Wildman–Crippen LogP) is 0.271. The van der Waals surface area contributed by atoms with Crippen LogP contribution in [0.25, 0.3) is 11.3 Å². The molecule has 1 heterocycles. The molecule has 136 valence electrons. The van der Waals surface area contributed by atoms with E-state index in [1.165, 1.54) is 12.1 Å².